The summed E-state index contributed by atoms with van der Waals surface area (Å²) < 4.78 is 0. The van der Waals surface area contributed by atoms with Crippen molar-refractivity contribution in [3.05, 3.63) is 29.8 Å². The van der Waals surface area contributed by atoms with Gasteiger partial charge in [0, 0.05) is 12.2 Å². The molecule has 0 spiro atoms. The molecule has 3 nitrogen and oxygen atoms in total. The molecule has 1 unspecified atom stereocenters. The standard InChI is InChI=1S/C14H20N2O/c1-11-5-7-13(8-6-11)16-10-4-3-9-15-12(2)14(16)17/h5-8,12,15H,3-4,9-10H2,1-2H3. The van der Waals surface area contributed by atoms with Crippen LogP contribution in [0.4, 0.5) is 5.69 Å². The van der Waals surface area contributed by atoms with Crippen LogP contribution in [0.5, 0.6) is 0 Å². The Morgan fingerprint density at radius 1 is 1.24 bits per heavy atom. The van der Waals surface area contributed by atoms with E-state index in [0.29, 0.717) is 0 Å². The lowest BCUT2D eigenvalue weighted by molar-refractivity contribution is -0.120. The smallest absolute Gasteiger partial charge is 0.243 e. The summed E-state index contributed by atoms with van der Waals surface area (Å²) in [7, 11) is 0. The van der Waals surface area contributed by atoms with E-state index < -0.39 is 0 Å². The second-order valence-electron chi connectivity index (χ2n) is 4.71. The average Bonchev–Trinajstić information content (AvgIpc) is 2.32. The molecule has 1 fully saturated rings. The fraction of sp³-hybridized carbons (Fsp3) is 0.500. The van der Waals surface area contributed by atoms with Gasteiger partial charge in [-0.05, 0) is 45.4 Å². The minimum Gasteiger partial charge on any atom is -0.311 e. The molecule has 1 amide bonds. The zero-order valence-electron chi connectivity index (χ0n) is 10.6. The molecule has 0 radical (unpaired) electrons. The van der Waals surface area contributed by atoms with Crippen molar-refractivity contribution < 1.29 is 4.79 Å². The summed E-state index contributed by atoms with van der Waals surface area (Å²) in [6, 6.07) is 8.08. The summed E-state index contributed by atoms with van der Waals surface area (Å²) in [5.74, 6) is 0.175. The maximum atomic E-state index is 12.2. The second kappa shape index (κ2) is 5.32. The predicted molar refractivity (Wildman–Crippen MR) is 70.2 cm³/mol. The number of hydrogen-bond donors (Lipinski definition) is 1. The zero-order chi connectivity index (χ0) is 12.3. The molecule has 3 heteroatoms. The van der Waals surface area contributed by atoms with Gasteiger partial charge in [0.2, 0.25) is 5.91 Å². The van der Waals surface area contributed by atoms with Crippen molar-refractivity contribution in [1.82, 2.24) is 5.32 Å². The number of aryl methyl sites for hydroxylation is 1. The largest absolute Gasteiger partial charge is 0.311 e. The molecule has 1 aliphatic heterocycles. The molecule has 1 aromatic rings. The lowest BCUT2D eigenvalue weighted by Crippen LogP contribution is -2.47. The molecule has 1 heterocycles. The van der Waals surface area contributed by atoms with Crippen LogP contribution in [0.1, 0.15) is 25.3 Å². The number of amides is 1. The van der Waals surface area contributed by atoms with Crippen molar-refractivity contribution in [3.63, 3.8) is 0 Å². The lowest BCUT2D eigenvalue weighted by Gasteiger charge is -2.29. The highest BCUT2D eigenvalue weighted by Gasteiger charge is 2.22. The van der Waals surface area contributed by atoms with Crippen LogP contribution in [0, 0.1) is 6.92 Å². The molecule has 0 aromatic heterocycles. The van der Waals surface area contributed by atoms with Crippen molar-refractivity contribution in [2.75, 3.05) is 18.0 Å². The first-order valence-electron chi connectivity index (χ1n) is 6.30. The number of carbonyl (C=O) groups excluding carboxylic acids is 1. The molecule has 1 atom stereocenters. The van der Waals surface area contributed by atoms with E-state index in [1.165, 1.54) is 5.56 Å². The van der Waals surface area contributed by atoms with Gasteiger partial charge in [-0.3, -0.25) is 4.79 Å². The van der Waals surface area contributed by atoms with Crippen molar-refractivity contribution in [2.45, 2.75) is 32.7 Å². The first kappa shape index (κ1) is 12.1. The first-order chi connectivity index (χ1) is 8.18. The van der Waals surface area contributed by atoms with Gasteiger partial charge in [0.15, 0.2) is 0 Å². The maximum absolute atomic E-state index is 12.2. The zero-order valence-corrected chi connectivity index (χ0v) is 10.6. The molecule has 1 aromatic carbocycles. The number of rotatable bonds is 1. The van der Waals surface area contributed by atoms with Crippen LogP contribution in [0.25, 0.3) is 0 Å². The molecule has 0 aliphatic carbocycles. The average molecular weight is 232 g/mol. The van der Waals surface area contributed by atoms with E-state index in [4.69, 9.17) is 0 Å². The molecular weight excluding hydrogens is 212 g/mol. The van der Waals surface area contributed by atoms with Gasteiger partial charge in [-0.15, -0.1) is 0 Å². The van der Waals surface area contributed by atoms with E-state index in [9.17, 15) is 4.79 Å². The molecule has 1 N–H and O–H groups in total. The Morgan fingerprint density at radius 2 is 1.94 bits per heavy atom. The number of nitrogens with one attached hydrogen (secondary N) is 1. The normalized spacial score (nSPS) is 22.1. The highest BCUT2D eigenvalue weighted by Crippen LogP contribution is 2.18. The van der Waals surface area contributed by atoms with Gasteiger partial charge in [0.05, 0.1) is 6.04 Å². The molecule has 92 valence electrons. The molecule has 17 heavy (non-hydrogen) atoms. The van der Waals surface area contributed by atoms with E-state index in [0.717, 1.165) is 31.6 Å². The Balaban J connectivity index is 2.21. The Labute approximate surface area is 103 Å². The van der Waals surface area contributed by atoms with Crippen LogP contribution in [0.2, 0.25) is 0 Å². The van der Waals surface area contributed by atoms with Gasteiger partial charge in [-0.1, -0.05) is 17.7 Å². The summed E-state index contributed by atoms with van der Waals surface area (Å²) >= 11 is 0. The quantitative estimate of drug-likeness (QED) is 0.804. The van der Waals surface area contributed by atoms with Gasteiger partial charge >= 0.3 is 0 Å². The molecule has 0 bridgehead atoms. The highest BCUT2D eigenvalue weighted by atomic mass is 16.2. The van der Waals surface area contributed by atoms with Crippen LogP contribution in [0.15, 0.2) is 24.3 Å². The third-order valence-corrected chi connectivity index (χ3v) is 3.24. The minimum atomic E-state index is -0.0865. The van der Waals surface area contributed by atoms with Crippen molar-refractivity contribution in [1.29, 1.82) is 0 Å². The monoisotopic (exact) mass is 232 g/mol. The Hall–Kier alpha value is -1.35. The fourth-order valence-electron chi connectivity index (χ4n) is 2.13. The van der Waals surface area contributed by atoms with Gasteiger partial charge < -0.3 is 10.2 Å². The van der Waals surface area contributed by atoms with Gasteiger partial charge in [0.1, 0.15) is 0 Å². The molecule has 0 saturated carbocycles. The first-order valence-corrected chi connectivity index (χ1v) is 6.30. The third-order valence-electron chi connectivity index (χ3n) is 3.24. The topological polar surface area (TPSA) is 32.3 Å². The van der Waals surface area contributed by atoms with Crippen LogP contribution >= 0.6 is 0 Å². The van der Waals surface area contributed by atoms with Crippen LogP contribution in [0.3, 0.4) is 0 Å². The molecule has 1 saturated heterocycles. The third kappa shape index (κ3) is 2.86. The van der Waals surface area contributed by atoms with E-state index in [2.05, 4.69) is 24.4 Å². The molecule has 1 aliphatic rings. The van der Waals surface area contributed by atoms with E-state index in [-0.39, 0.29) is 11.9 Å². The summed E-state index contributed by atoms with van der Waals surface area (Å²) in [6.45, 7) is 5.76. The highest BCUT2D eigenvalue weighted by molar-refractivity contribution is 5.97. The van der Waals surface area contributed by atoms with Gasteiger partial charge in [-0.2, -0.15) is 0 Å². The Kier molecular flexibility index (Phi) is 3.79. The maximum Gasteiger partial charge on any atom is 0.243 e. The van der Waals surface area contributed by atoms with E-state index in [1.54, 1.807) is 0 Å². The summed E-state index contributed by atoms with van der Waals surface area (Å²) in [4.78, 5) is 14.1. The lowest BCUT2D eigenvalue weighted by atomic mass is 10.1. The summed E-state index contributed by atoms with van der Waals surface area (Å²) in [5, 5.41) is 3.25. The van der Waals surface area contributed by atoms with Crippen molar-refractivity contribution in [3.8, 4) is 0 Å². The number of benzene rings is 1. The van der Waals surface area contributed by atoms with Crippen LogP contribution in [-0.2, 0) is 4.79 Å². The Morgan fingerprint density at radius 3 is 2.65 bits per heavy atom. The molecular formula is C14H20N2O. The summed E-state index contributed by atoms with van der Waals surface area (Å²) in [5.41, 5.74) is 2.23. The van der Waals surface area contributed by atoms with E-state index in [1.807, 2.05) is 24.0 Å². The number of nitrogens with zero attached hydrogens (tertiary/aromatic N) is 1. The minimum absolute atomic E-state index is 0.0865. The SMILES string of the molecule is Cc1ccc(N2CCCCNC(C)C2=O)cc1. The van der Waals surface area contributed by atoms with Crippen LogP contribution < -0.4 is 10.2 Å². The number of hydrogen-bond acceptors (Lipinski definition) is 2. The second-order valence-corrected chi connectivity index (χ2v) is 4.71. The van der Waals surface area contributed by atoms with Gasteiger partial charge in [0.25, 0.3) is 0 Å². The van der Waals surface area contributed by atoms with Crippen molar-refractivity contribution >= 4 is 11.6 Å². The van der Waals surface area contributed by atoms with Crippen molar-refractivity contribution in [2.24, 2.45) is 0 Å². The summed E-state index contributed by atoms with van der Waals surface area (Å²) in [6.07, 6.45) is 2.18. The van der Waals surface area contributed by atoms with E-state index >= 15 is 0 Å². The molecule has 2 rings (SSSR count). The fourth-order valence-corrected chi connectivity index (χ4v) is 2.13. The predicted octanol–water partition coefficient (Wildman–Crippen LogP) is 2.10. The number of carbonyl (C=O) groups is 1. The Bertz CT molecular complexity index is 386. The van der Waals surface area contributed by atoms with Gasteiger partial charge in [-0.25, -0.2) is 0 Å². The number of anilines is 1. The van der Waals surface area contributed by atoms with Crippen LogP contribution in [-0.4, -0.2) is 25.0 Å².